The molecule has 0 aliphatic carbocycles. The smallest absolute Gasteiger partial charge is 0.246 e. The quantitative estimate of drug-likeness (QED) is 0.790. The molecule has 1 aliphatic heterocycles. The van der Waals surface area contributed by atoms with E-state index in [2.05, 4.69) is 12.2 Å². The van der Waals surface area contributed by atoms with E-state index in [1.165, 1.54) is 28.1 Å². The molecule has 0 bridgehead atoms. The van der Waals surface area contributed by atoms with Crippen molar-refractivity contribution in [3.05, 3.63) is 59.9 Å². The number of aryl methyl sites for hydroxylation is 1. The molecule has 0 amide bonds. The van der Waals surface area contributed by atoms with Crippen LogP contribution in [0.4, 0.5) is 10.1 Å². The van der Waals surface area contributed by atoms with Gasteiger partial charge in [0.25, 0.3) is 0 Å². The zero-order chi connectivity index (χ0) is 19.4. The number of hydrogen-bond donors (Lipinski definition) is 1. The first-order chi connectivity index (χ1) is 12.9. The summed E-state index contributed by atoms with van der Waals surface area (Å²) in [6, 6.07) is 13.5. The maximum atomic E-state index is 13.9. The van der Waals surface area contributed by atoms with Crippen molar-refractivity contribution in [2.75, 3.05) is 31.5 Å². The number of piperazine rings is 1. The largest absolute Gasteiger partial charge is 0.346 e. The van der Waals surface area contributed by atoms with E-state index in [9.17, 15) is 12.8 Å². The first kappa shape index (κ1) is 19.7. The Morgan fingerprint density at radius 2 is 1.70 bits per heavy atom. The van der Waals surface area contributed by atoms with Gasteiger partial charge in [0.05, 0.1) is 0 Å². The molecule has 5 nitrogen and oxygen atoms in total. The highest BCUT2D eigenvalue weighted by Gasteiger charge is 2.31. The Labute approximate surface area is 164 Å². The fourth-order valence-electron chi connectivity index (χ4n) is 2.95. The third-order valence-corrected chi connectivity index (χ3v) is 6.89. The van der Waals surface area contributed by atoms with Gasteiger partial charge in [0, 0.05) is 31.9 Å². The standard InChI is InChI=1S/C19H22FN3O2S2/c1-2-15-7-9-16(10-8-15)21-19(26)22-11-13-23(14-12-22)27(24,25)18-6-4-3-5-17(18)20/h3-10H,2,11-14H2,1H3,(H,21,26). The van der Waals surface area contributed by atoms with Gasteiger partial charge in [-0.1, -0.05) is 31.2 Å². The highest BCUT2D eigenvalue weighted by atomic mass is 32.2. The van der Waals surface area contributed by atoms with Crippen LogP contribution in [0.15, 0.2) is 53.4 Å². The molecule has 0 spiro atoms. The molecule has 3 rings (SSSR count). The summed E-state index contributed by atoms with van der Waals surface area (Å²) in [5.74, 6) is -0.729. The van der Waals surface area contributed by atoms with Crippen LogP contribution in [0.25, 0.3) is 0 Å². The van der Waals surface area contributed by atoms with Crippen molar-refractivity contribution in [2.24, 2.45) is 0 Å². The average Bonchev–Trinajstić information content (AvgIpc) is 2.69. The van der Waals surface area contributed by atoms with Crippen LogP contribution in [-0.2, 0) is 16.4 Å². The molecule has 144 valence electrons. The van der Waals surface area contributed by atoms with Crippen LogP contribution in [-0.4, -0.2) is 48.9 Å². The van der Waals surface area contributed by atoms with Gasteiger partial charge in [-0.2, -0.15) is 4.31 Å². The first-order valence-electron chi connectivity index (χ1n) is 8.81. The number of rotatable bonds is 4. The van der Waals surface area contributed by atoms with Crippen LogP contribution in [0.2, 0.25) is 0 Å². The van der Waals surface area contributed by atoms with Crippen molar-refractivity contribution in [1.29, 1.82) is 0 Å². The van der Waals surface area contributed by atoms with Crippen LogP contribution in [0.5, 0.6) is 0 Å². The van der Waals surface area contributed by atoms with E-state index < -0.39 is 15.8 Å². The first-order valence-corrected chi connectivity index (χ1v) is 10.7. The highest BCUT2D eigenvalue weighted by molar-refractivity contribution is 7.89. The summed E-state index contributed by atoms with van der Waals surface area (Å²) in [5.41, 5.74) is 2.15. The Morgan fingerprint density at radius 1 is 1.07 bits per heavy atom. The van der Waals surface area contributed by atoms with E-state index in [-0.39, 0.29) is 18.0 Å². The number of nitrogens with one attached hydrogen (secondary N) is 1. The molecule has 8 heteroatoms. The second-order valence-corrected chi connectivity index (χ2v) is 8.60. The van der Waals surface area contributed by atoms with Gasteiger partial charge in [0.15, 0.2) is 5.11 Å². The number of halogens is 1. The number of nitrogens with zero attached hydrogens (tertiary/aromatic N) is 2. The molecule has 27 heavy (non-hydrogen) atoms. The summed E-state index contributed by atoms with van der Waals surface area (Å²) in [5, 5.41) is 3.74. The van der Waals surface area contributed by atoms with Crippen molar-refractivity contribution < 1.29 is 12.8 Å². The van der Waals surface area contributed by atoms with Gasteiger partial charge in [0.1, 0.15) is 10.7 Å². The molecule has 0 atom stereocenters. The zero-order valence-electron chi connectivity index (χ0n) is 15.1. The van der Waals surface area contributed by atoms with Crippen LogP contribution in [0.1, 0.15) is 12.5 Å². The monoisotopic (exact) mass is 407 g/mol. The maximum Gasteiger partial charge on any atom is 0.246 e. The predicted octanol–water partition coefficient (Wildman–Crippen LogP) is 3.09. The Bertz CT molecular complexity index is 909. The Morgan fingerprint density at radius 3 is 2.30 bits per heavy atom. The van der Waals surface area contributed by atoms with E-state index in [0.717, 1.165) is 18.2 Å². The van der Waals surface area contributed by atoms with Crippen LogP contribution in [0, 0.1) is 5.82 Å². The summed E-state index contributed by atoms with van der Waals surface area (Å²) in [7, 11) is -3.84. The number of hydrogen-bond acceptors (Lipinski definition) is 3. The predicted molar refractivity (Wildman–Crippen MR) is 109 cm³/mol. The number of thiocarbonyl (C=S) groups is 1. The SMILES string of the molecule is CCc1ccc(NC(=S)N2CCN(S(=O)(=O)c3ccccc3F)CC2)cc1. The molecule has 1 fully saturated rings. The van der Waals surface area contributed by atoms with E-state index in [4.69, 9.17) is 12.2 Å². The molecular weight excluding hydrogens is 385 g/mol. The summed E-state index contributed by atoms with van der Waals surface area (Å²) in [6.07, 6.45) is 0.975. The second kappa shape index (κ2) is 8.33. The zero-order valence-corrected chi connectivity index (χ0v) is 16.7. The molecule has 1 aliphatic rings. The topological polar surface area (TPSA) is 52.6 Å². The lowest BCUT2D eigenvalue weighted by Gasteiger charge is -2.35. The molecule has 2 aromatic carbocycles. The molecule has 0 radical (unpaired) electrons. The van der Waals surface area contributed by atoms with Gasteiger partial charge in [-0.15, -0.1) is 0 Å². The molecule has 0 aromatic heterocycles. The van der Waals surface area contributed by atoms with Crippen molar-refractivity contribution >= 4 is 33.0 Å². The van der Waals surface area contributed by atoms with E-state index in [1.54, 1.807) is 0 Å². The van der Waals surface area contributed by atoms with Crippen LogP contribution < -0.4 is 5.32 Å². The minimum absolute atomic E-state index is 0.257. The third kappa shape index (κ3) is 4.45. The van der Waals surface area contributed by atoms with E-state index >= 15 is 0 Å². The maximum absolute atomic E-state index is 13.9. The van der Waals surface area contributed by atoms with Gasteiger partial charge in [-0.05, 0) is 48.5 Å². The third-order valence-electron chi connectivity index (χ3n) is 4.59. The molecule has 2 aromatic rings. The molecular formula is C19H22FN3O2S2. The van der Waals surface area contributed by atoms with E-state index in [0.29, 0.717) is 18.2 Å². The van der Waals surface area contributed by atoms with Crippen molar-refractivity contribution in [3.63, 3.8) is 0 Å². The number of anilines is 1. The van der Waals surface area contributed by atoms with Gasteiger partial charge >= 0.3 is 0 Å². The van der Waals surface area contributed by atoms with Crippen LogP contribution in [0.3, 0.4) is 0 Å². The van der Waals surface area contributed by atoms with Crippen LogP contribution >= 0.6 is 12.2 Å². The van der Waals surface area contributed by atoms with Crippen molar-refractivity contribution in [1.82, 2.24) is 9.21 Å². The lowest BCUT2D eigenvalue weighted by Crippen LogP contribution is -2.51. The fourth-order valence-corrected chi connectivity index (χ4v) is 4.74. The van der Waals surface area contributed by atoms with Gasteiger partial charge in [-0.3, -0.25) is 0 Å². The minimum atomic E-state index is -3.84. The Kier molecular flexibility index (Phi) is 6.08. The minimum Gasteiger partial charge on any atom is -0.346 e. The summed E-state index contributed by atoms with van der Waals surface area (Å²) >= 11 is 5.45. The summed E-state index contributed by atoms with van der Waals surface area (Å²) < 4.78 is 40.5. The lowest BCUT2D eigenvalue weighted by atomic mass is 10.1. The average molecular weight is 408 g/mol. The number of sulfonamides is 1. The normalized spacial score (nSPS) is 15.6. The Hall–Kier alpha value is -2.03. The van der Waals surface area contributed by atoms with Crippen molar-refractivity contribution in [3.8, 4) is 0 Å². The summed E-state index contributed by atoms with van der Waals surface area (Å²) in [4.78, 5) is 1.64. The van der Waals surface area contributed by atoms with Gasteiger partial charge in [0.2, 0.25) is 10.0 Å². The molecule has 0 saturated carbocycles. The highest BCUT2D eigenvalue weighted by Crippen LogP contribution is 2.21. The lowest BCUT2D eigenvalue weighted by molar-refractivity contribution is 0.268. The fraction of sp³-hybridized carbons (Fsp3) is 0.316. The Balaban J connectivity index is 1.61. The summed E-state index contributed by atoms with van der Waals surface area (Å²) in [6.45, 7) is 3.52. The molecule has 1 saturated heterocycles. The number of benzene rings is 2. The van der Waals surface area contributed by atoms with Gasteiger partial charge < -0.3 is 10.2 Å². The second-order valence-electron chi connectivity index (χ2n) is 6.30. The molecule has 0 unspecified atom stereocenters. The molecule has 1 N–H and O–H groups in total. The van der Waals surface area contributed by atoms with E-state index in [1.807, 2.05) is 29.2 Å². The van der Waals surface area contributed by atoms with Crippen molar-refractivity contribution in [2.45, 2.75) is 18.2 Å². The van der Waals surface area contributed by atoms with Gasteiger partial charge in [-0.25, -0.2) is 12.8 Å². The molecule has 1 heterocycles.